The third kappa shape index (κ3) is 4.44. The lowest BCUT2D eigenvalue weighted by Crippen LogP contribution is -2.52. The van der Waals surface area contributed by atoms with Crippen molar-refractivity contribution < 1.29 is 9.59 Å². The van der Waals surface area contributed by atoms with Crippen molar-refractivity contribution in [3.63, 3.8) is 0 Å². The van der Waals surface area contributed by atoms with E-state index in [2.05, 4.69) is 13.8 Å². The number of carbonyl (C=O) groups excluding carboxylic acids is 2. The fourth-order valence-corrected chi connectivity index (χ4v) is 3.82. The van der Waals surface area contributed by atoms with Gasteiger partial charge in [-0.25, -0.2) is 0 Å². The average molecular weight is 379 g/mol. The van der Waals surface area contributed by atoms with E-state index in [1.165, 1.54) is 0 Å². The first-order chi connectivity index (χ1) is 13.5. The Morgan fingerprint density at radius 3 is 2.04 bits per heavy atom. The zero-order valence-corrected chi connectivity index (χ0v) is 17.1. The third-order valence-corrected chi connectivity index (χ3v) is 5.81. The molecule has 1 saturated heterocycles. The fourth-order valence-electron chi connectivity index (χ4n) is 3.82. The van der Waals surface area contributed by atoms with Crippen LogP contribution < -0.4 is 0 Å². The molecule has 1 heterocycles. The predicted octanol–water partition coefficient (Wildman–Crippen LogP) is 4.11. The molecule has 4 heteroatoms. The number of benzene rings is 2. The fraction of sp³-hybridized carbons (Fsp3) is 0.417. The van der Waals surface area contributed by atoms with Crippen LogP contribution in [0.1, 0.15) is 47.7 Å². The Labute approximate surface area is 168 Å². The Kier molecular flexibility index (Phi) is 6.50. The van der Waals surface area contributed by atoms with Gasteiger partial charge in [0, 0.05) is 31.7 Å². The maximum absolute atomic E-state index is 13.3. The minimum absolute atomic E-state index is 0.0497. The second-order valence-electron chi connectivity index (χ2n) is 7.76. The second kappa shape index (κ2) is 9.05. The maximum Gasteiger partial charge on any atom is 0.253 e. The van der Waals surface area contributed by atoms with Crippen molar-refractivity contribution in [2.45, 2.75) is 33.1 Å². The van der Waals surface area contributed by atoms with Gasteiger partial charge in [-0.2, -0.15) is 0 Å². The summed E-state index contributed by atoms with van der Waals surface area (Å²) in [5, 5.41) is 0. The molecule has 0 aromatic heterocycles. The molecule has 2 aromatic carbocycles. The van der Waals surface area contributed by atoms with Gasteiger partial charge in [0.25, 0.3) is 5.91 Å². The van der Waals surface area contributed by atoms with Gasteiger partial charge in [0.2, 0.25) is 5.91 Å². The van der Waals surface area contributed by atoms with Crippen LogP contribution in [-0.4, -0.2) is 47.8 Å². The topological polar surface area (TPSA) is 40.6 Å². The Morgan fingerprint density at radius 1 is 0.893 bits per heavy atom. The first kappa shape index (κ1) is 20.1. The molecule has 0 bridgehead atoms. The average Bonchev–Trinajstić information content (AvgIpc) is 2.74. The van der Waals surface area contributed by atoms with Gasteiger partial charge in [0.1, 0.15) is 0 Å². The van der Waals surface area contributed by atoms with E-state index in [9.17, 15) is 9.59 Å². The van der Waals surface area contributed by atoms with Gasteiger partial charge in [-0.3, -0.25) is 9.59 Å². The van der Waals surface area contributed by atoms with Gasteiger partial charge >= 0.3 is 0 Å². The highest BCUT2D eigenvalue weighted by Gasteiger charge is 2.32. The Balaban J connectivity index is 1.66. The van der Waals surface area contributed by atoms with Gasteiger partial charge in [0.15, 0.2) is 0 Å². The van der Waals surface area contributed by atoms with Crippen molar-refractivity contribution in [2.24, 2.45) is 5.92 Å². The van der Waals surface area contributed by atoms with Gasteiger partial charge in [-0.15, -0.1) is 0 Å². The van der Waals surface area contributed by atoms with Crippen LogP contribution in [0.3, 0.4) is 0 Å². The van der Waals surface area contributed by atoms with Crippen LogP contribution in [0.4, 0.5) is 0 Å². The van der Waals surface area contributed by atoms with Crippen LogP contribution in [0.25, 0.3) is 0 Å². The zero-order valence-electron chi connectivity index (χ0n) is 17.1. The number of amides is 2. The molecule has 0 spiro atoms. The number of nitrogens with zero attached hydrogens (tertiary/aromatic N) is 2. The summed E-state index contributed by atoms with van der Waals surface area (Å²) in [5.74, 6) is 0.393. The maximum atomic E-state index is 13.3. The molecule has 2 amide bonds. The lowest BCUT2D eigenvalue weighted by Gasteiger charge is -2.37. The molecule has 28 heavy (non-hydrogen) atoms. The molecule has 1 aliphatic heterocycles. The van der Waals surface area contributed by atoms with E-state index in [-0.39, 0.29) is 23.7 Å². The first-order valence-electron chi connectivity index (χ1n) is 10.2. The Hall–Kier alpha value is -2.62. The minimum Gasteiger partial charge on any atom is -0.339 e. The highest BCUT2D eigenvalue weighted by atomic mass is 16.2. The zero-order chi connectivity index (χ0) is 20.1. The first-order valence-corrected chi connectivity index (χ1v) is 10.2. The summed E-state index contributed by atoms with van der Waals surface area (Å²) in [6.07, 6.45) is 0.956. The van der Waals surface area contributed by atoms with Crippen LogP contribution in [-0.2, 0) is 4.79 Å². The second-order valence-corrected chi connectivity index (χ2v) is 7.76. The van der Waals surface area contributed by atoms with Crippen LogP contribution in [0.5, 0.6) is 0 Å². The number of hydrogen-bond acceptors (Lipinski definition) is 2. The quantitative estimate of drug-likeness (QED) is 0.786. The molecule has 1 fully saturated rings. The van der Waals surface area contributed by atoms with Gasteiger partial charge in [-0.05, 0) is 30.5 Å². The lowest BCUT2D eigenvalue weighted by atomic mass is 9.84. The standard InChI is InChI=1S/C24H30N2O2/c1-4-19(3)22(20-8-6-5-7-9-20)24(28)26-16-14-25(15-17-26)23(27)21-12-10-18(2)11-13-21/h5-13,19,22H,4,14-17H2,1-3H3. The molecule has 0 N–H and O–H groups in total. The summed E-state index contributed by atoms with van der Waals surface area (Å²) in [5.41, 5.74) is 2.94. The smallest absolute Gasteiger partial charge is 0.253 e. The van der Waals surface area contributed by atoms with Crippen molar-refractivity contribution in [3.05, 3.63) is 71.3 Å². The lowest BCUT2D eigenvalue weighted by molar-refractivity contribution is -0.135. The van der Waals surface area contributed by atoms with E-state index in [1.807, 2.05) is 71.3 Å². The summed E-state index contributed by atoms with van der Waals surface area (Å²) in [4.78, 5) is 29.8. The van der Waals surface area contributed by atoms with Gasteiger partial charge in [0.05, 0.1) is 5.92 Å². The molecular formula is C24H30N2O2. The van der Waals surface area contributed by atoms with E-state index in [4.69, 9.17) is 0 Å². The molecule has 4 nitrogen and oxygen atoms in total. The van der Waals surface area contributed by atoms with Crippen LogP contribution in [0.2, 0.25) is 0 Å². The van der Waals surface area contributed by atoms with E-state index in [0.29, 0.717) is 31.7 Å². The van der Waals surface area contributed by atoms with Crippen molar-refractivity contribution in [1.29, 1.82) is 0 Å². The molecule has 2 aromatic rings. The molecule has 0 radical (unpaired) electrons. The molecule has 1 aliphatic rings. The molecular weight excluding hydrogens is 348 g/mol. The normalized spacial score (nSPS) is 16.5. The van der Waals surface area contributed by atoms with Crippen molar-refractivity contribution in [3.8, 4) is 0 Å². The molecule has 148 valence electrons. The minimum atomic E-state index is -0.120. The Bertz CT molecular complexity index is 793. The van der Waals surface area contributed by atoms with Crippen molar-refractivity contribution in [2.75, 3.05) is 26.2 Å². The SMILES string of the molecule is CCC(C)C(C(=O)N1CCN(C(=O)c2ccc(C)cc2)CC1)c1ccccc1. The number of hydrogen-bond donors (Lipinski definition) is 0. The summed E-state index contributed by atoms with van der Waals surface area (Å²) >= 11 is 0. The number of aryl methyl sites for hydroxylation is 1. The predicted molar refractivity (Wildman–Crippen MR) is 112 cm³/mol. The third-order valence-electron chi connectivity index (χ3n) is 5.81. The van der Waals surface area contributed by atoms with Crippen LogP contribution in [0, 0.1) is 12.8 Å². The van der Waals surface area contributed by atoms with E-state index >= 15 is 0 Å². The molecule has 2 unspecified atom stereocenters. The van der Waals surface area contributed by atoms with Crippen molar-refractivity contribution >= 4 is 11.8 Å². The van der Waals surface area contributed by atoms with Crippen molar-refractivity contribution in [1.82, 2.24) is 9.80 Å². The van der Waals surface area contributed by atoms with E-state index < -0.39 is 0 Å². The van der Waals surface area contributed by atoms with Crippen LogP contribution >= 0.6 is 0 Å². The summed E-state index contributed by atoms with van der Waals surface area (Å²) < 4.78 is 0. The molecule has 2 atom stereocenters. The number of carbonyl (C=O) groups is 2. The van der Waals surface area contributed by atoms with Gasteiger partial charge in [-0.1, -0.05) is 68.3 Å². The highest BCUT2D eigenvalue weighted by molar-refractivity contribution is 5.94. The summed E-state index contributed by atoms with van der Waals surface area (Å²) in [6, 6.07) is 17.8. The molecule has 0 saturated carbocycles. The van der Waals surface area contributed by atoms with Gasteiger partial charge < -0.3 is 9.80 Å². The highest BCUT2D eigenvalue weighted by Crippen LogP contribution is 2.29. The van der Waals surface area contributed by atoms with E-state index in [0.717, 1.165) is 17.5 Å². The van der Waals surface area contributed by atoms with Crippen LogP contribution in [0.15, 0.2) is 54.6 Å². The number of rotatable bonds is 5. The summed E-state index contributed by atoms with van der Waals surface area (Å²) in [6.45, 7) is 8.64. The van der Waals surface area contributed by atoms with E-state index in [1.54, 1.807) is 0 Å². The molecule has 3 rings (SSSR count). The largest absolute Gasteiger partial charge is 0.339 e. The number of piperazine rings is 1. The molecule has 0 aliphatic carbocycles. The monoisotopic (exact) mass is 378 g/mol. The Morgan fingerprint density at radius 2 is 1.46 bits per heavy atom. The summed E-state index contributed by atoms with van der Waals surface area (Å²) in [7, 11) is 0.